The van der Waals surface area contributed by atoms with Crippen molar-refractivity contribution in [2.75, 3.05) is 33.4 Å². The van der Waals surface area contributed by atoms with Gasteiger partial charge in [-0.1, -0.05) is 6.07 Å². The molecule has 3 rings (SSSR count). The SMILES string of the molecule is C1COCCN1.COC(=O)c1cccc2c1OC(C)(C)O2. The average molecular weight is 295 g/mol. The molecule has 0 radical (unpaired) electrons. The molecule has 2 aliphatic heterocycles. The molecule has 1 saturated heterocycles. The highest BCUT2D eigenvalue weighted by atomic mass is 16.7. The highest BCUT2D eigenvalue weighted by Gasteiger charge is 2.34. The van der Waals surface area contributed by atoms with E-state index >= 15 is 0 Å². The number of fused-ring (bicyclic) bond motifs is 1. The zero-order valence-corrected chi connectivity index (χ0v) is 12.6. The van der Waals surface area contributed by atoms with Crippen molar-refractivity contribution < 1.29 is 23.7 Å². The summed E-state index contributed by atoms with van der Waals surface area (Å²) in [6, 6.07) is 5.14. The van der Waals surface area contributed by atoms with Gasteiger partial charge in [0.15, 0.2) is 11.5 Å². The Balaban J connectivity index is 0.000000225. The van der Waals surface area contributed by atoms with E-state index in [1.165, 1.54) is 7.11 Å². The number of rotatable bonds is 1. The number of hydrogen-bond acceptors (Lipinski definition) is 6. The molecule has 21 heavy (non-hydrogen) atoms. The number of methoxy groups -OCH3 is 1. The molecule has 0 saturated carbocycles. The molecule has 6 heteroatoms. The van der Waals surface area contributed by atoms with Gasteiger partial charge in [-0.25, -0.2) is 4.79 Å². The number of hydrogen-bond donors (Lipinski definition) is 1. The third kappa shape index (κ3) is 4.09. The summed E-state index contributed by atoms with van der Waals surface area (Å²) in [7, 11) is 1.34. The summed E-state index contributed by atoms with van der Waals surface area (Å²) in [6.07, 6.45) is 0. The lowest BCUT2D eigenvalue weighted by atomic mass is 10.2. The van der Waals surface area contributed by atoms with E-state index in [4.69, 9.17) is 14.2 Å². The number of ether oxygens (including phenoxy) is 4. The van der Waals surface area contributed by atoms with Crippen LogP contribution in [-0.4, -0.2) is 45.2 Å². The van der Waals surface area contributed by atoms with Gasteiger partial charge in [0.05, 0.1) is 20.3 Å². The number of nitrogens with one attached hydrogen (secondary N) is 1. The minimum absolute atomic E-state index is 0.389. The van der Waals surface area contributed by atoms with Gasteiger partial charge in [0.1, 0.15) is 5.56 Å². The largest absolute Gasteiger partial charge is 0.465 e. The molecule has 6 nitrogen and oxygen atoms in total. The van der Waals surface area contributed by atoms with Crippen molar-refractivity contribution in [3.05, 3.63) is 23.8 Å². The Bertz CT molecular complexity index is 485. The number of morpholine rings is 1. The first kappa shape index (κ1) is 15.6. The second kappa shape index (κ2) is 6.78. The average Bonchev–Trinajstić information content (AvgIpc) is 2.82. The van der Waals surface area contributed by atoms with Gasteiger partial charge < -0.3 is 24.3 Å². The van der Waals surface area contributed by atoms with Crippen molar-refractivity contribution in [1.29, 1.82) is 0 Å². The minimum Gasteiger partial charge on any atom is -0.465 e. The molecule has 0 spiro atoms. The predicted molar refractivity (Wildman–Crippen MR) is 76.8 cm³/mol. The minimum atomic E-state index is -0.730. The van der Waals surface area contributed by atoms with Crippen molar-refractivity contribution in [2.45, 2.75) is 19.6 Å². The Morgan fingerprint density at radius 1 is 1.24 bits per heavy atom. The normalized spacial score (nSPS) is 18.4. The lowest BCUT2D eigenvalue weighted by molar-refractivity contribution is -0.0434. The summed E-state index contributed by atoms with van der Waals surface area (Å²) < 4.78 is 20.7. The number of carbonyl (C=O) groups is 1. The fourth-order valence-electron chi connectivity index (χ4n) is 2.02. The van der Waals surface area contributed by atoms with Crippen molar-refractivity contribution >= 4 is 5.97 Å². The van der Waals surface area contributed by atoms with Crippen molar-refractivity contribution in [3.8, 4) is 11.5 Å². The molecule has 1 N–H and O–H groups in total. The first-order valence-corrected chi connectivity index (χ1v) is 6.91. The molecule has 0 aliphatic carbocycles. The van der Waals surface area contributed by atoms with E-state index in [1.54, 1.807) is 32.0 Å². The molecule has 1 fully saturated rings. The van der Waals surface area contributed by atoms with E-state index in [0.29, 0.717) is 17.1 Å². The third-order valence-corrected chi connectivity index (χ3v) is 2.93. The molecular formula is C15H21NO5. The highest BCUT2D eigenvalue weighted by Crippen LogP contribution is 2.41. The van der Waals surface area contributed by atoms with Crippen LogP contribution in [0, 0.1) is 0 Å². The smallest absolute Gasteiger partial charge is 0.341 e. The summed E-state index contributed by atoms with van der Waals surface area (Å²) in [5, 5.41) is 3.16. The molecule has 1 aromatic rings. The summed E-state index contributed by atoms with van der Waals surface area (Å²) in [5.41, 5.74) is 0.389. The Hall–Kier alpha value is -1.79. The van der Waals surface area contributed by atoms with E-state index < -0.39 is 11.8 Å². The van der Waals surface area contributed by atoms with Crippen molar-refractivity contribution in [3.63, 3.8) is 0 Å². The summed E-state index contributed by atoms with van der Waals surface area (Å²) in [4.78, 5) is 11.4. The van der Waals surface area contributed by atoms with Crippen molar-refractivity contribution in [2.24, 2.45) is 0 Å². The van der Waals surface area contributed by atoms with Crippen LogP contribution in [0.3, 0.4) is 0 Å². The van der Waals surface area contributed by atoms with Gasteiger partial charge in [-0.15, -0.1) is 0 Å². The van der Waals surface area contributed by atoms with E-state index in [0.717, 1.165) is 26.3 Å². The Labute approximate surface area is 124 Å². The molecule has 116 valence electrons. The molecule has 2 heterocycles. The Morgan fingerprint density at radius 3 is 2.48 bits per heavy atom. The monoisotopic (exact) mass is 295 g/mol. The van der Waals surface area contributed by atoms with Crippen LogP contribution in [0.1, 0.15) is 24.2 Å². The fourth-order valence-corrected chi connectivity index (χ4v) is 2.02. The number of benzene rings is 1. The second-order valence-electron chi connectivity index (χ2n) is 5.09. The lowest BCUT2D eigenvalue weighted by Gasteiger charge is -2.16. The summed E-state index contributed by atoms with van der Waals surface area (Å²) in [6.45, 7) is 7.40. The quantitative estimate of drug-likeness (QED) is 0.794. The van der Waals surface area contributed by atoms with Crippen LogP contribution in [0.25, 0.3) is 0 Å². The van der Waals surface area contributed by atoms with Gasteiger partial charge in [-0.3, -0.25) is 0 Å². The molecule has 0 aromatic heterocycles. The van der Waals surface area contributed by atoms with Crippen LogP contribution in [0.2, 0.25) is 0 Å². The second-order valence-corrected chi connectivity index (χ2v) is 5.09. The van der Waals surface area contributed by atoms with E-state index in [1.807, 2.05) is 0 Å². The van der Waals surface area contributed by atoms with Gasteiger partial charge in [0.2, 0.25) is 5.79 Å². The standard InChI is InChI=1S/C11H12O4.C4H9NO/c1-11(2)14-8-6-4-5-7(9(8)15-11)10(12)13-3;1-3-6-4-2-5-1/h4-6H,1-3H3;5H,1-4H2. The molecule has 0 atom stereocenters. The zero-order valence-electron chi connectivity index (χ0n) is 12.6. The van der Waals surface area contributed by atoms with Crippen molar-refractivity contribution in [1.82, 2.24) is 5.32 Å². The zero-order chi connectivity index (χ0) is 15.3. The molecule has 2 aliphatic rings. The van der Waals surface area contributed by atoms with Crippen LogP contribution in [0.15, 0.2) is 18.2 Å². The maximum Gasteiger partial charge on any atom is 0.341 e. The first-order valence-electron chi connectivity index (χ1n) is 6.91. The van der Waals surface area contributed by atoms with Crippen LogP contribution in [0.4, 0.5) is 0 Å². The van der Waals surface area contributed by atoms with E-state index in [9.17, 15) is 4.79 Å². The van der Waals surface area contributed by atoms with Gasteiger partial charge in [0.25, 0.3) is 0 Å². The summed E-state index contributed by atoms with van der Waals surface area (Å²) in [5.74, 6) is -0.127. The highest BCUT2D eigenvalue weighted by molar-refractivity contribution is 5.93. The van der Waals surface area contributed by atoms with Gasteiger partial charge in [-0.05, 0) is 12.1 Å². The lowest BCUT2D eigenvalue weighted by Crippen LogP contribution is -2.30. The molecule has 1 aromatic carbocycles. The fraction of sp³-hybridized carbons (Fsp3) is 0.533. The predicted octanol–water partition coefficient (Wildman–Crippen LogP) is 1.59. The molecule has 0 unspecified atom stereocenters. The van der Waals surface area contributed by atoms with E-state index in [2.05, 4.69) is 10.1 Å². The van der Waals surface area contributed by atoms with Crippen LogP contribution in [-0.2, 0) is 9.47 Å². The van der Waals surface area contributed by atoms with Crippen LogP contribution < -0.4 is 14.8 Å². The van der Waals surface area contributed by atoms with Gasteiger partial charge in [-0.2, -0.15) is 0 Å². The van der Waals surface area contributed by atoms with E-state index in [-0.39, 0.29) is 0 Å². The third-order valence-electron chi connectivity index (χ3n) is 2.93. The Kier molecular flexibility index (Phi) is 5.03. The first-order chi connectivity index (χ1) is 10.0. The summed E-state index contributed by atoms with van der Waals surface area (Å²) >= 11 is 0. The molecular weight excluding hydrogens is 274 g/mol. The number of esters is 1. The van der Waals surface area contributed by atoms with Gasteiger partial charge >= 0.3 is 5.97 Å². The molecule has 0 bridgehead atoms. The Morgan fingerprint density at radius 2 is 1.95 bits per heavy atom. The number of carbonyl (C=O) groups excluding carboxylic acids is 1. The number of para-hydroxylation sites is 1. The maximum absolute atomic E-state index is 11.4. The van der Waals surface area contributed by atoms with Gasteiger partial charge in [0, 0.05) is 26.9 Å². The van der Waals surface area contributed by atoms with Crippen LogP contribution >= 0.6 is 0 Å². The van der Waals surface area contributed by atoms with Crippen LogP contribution in [0.5, 0.6) is 11.5 Å². The molecule has 0 amide bonds. The maximum atomic E-state index is 11.4. The topological polar surface area (TPSA) is 66.0 Å².